The molecule has 6 nitrogen and oxygen atoms in total. The molecule has 1 saturated heterocycles. The average molecular weight is 386 g/mol. The van der Waals surface area contributed by atoms with Crippen LogP contribution in [0.25, 0.3) is 0 Å². The highest BCUT2D eigenvalue weighted by Crippen LogP contribution is 2.25. The summed E-state index contributed by atoms with van der Waals surface area (Å²) in [6, 6.07) is 4.63. The van der Waals surface area contributed by atoms with Crippen molar-refractivity contribution in [2.75, 3.05) is 44.7 Å². The number of rotatable bonds is 6. The number of para-hydroxylation sites is 1. The molecule has 2 amide bonds. The van der Waals surface area contributed by atoms with E-state index in [1.165, 1.54) is 22.9 Å². The molecule has 1 heterocycles. The van der Waals surface area contributed by atoms with E-state index >= 15 is 0 Å². The van der Waals surface area contributed by atoms with Crippen LogP contribution >= 0.6 is 0 Å². The second kappa shape index (κ2) is 9.18. The van der Waals surface area contributed by atoms with E-state index in [2.05, 4.69) is 10.6 Å². The number of carbonyl (C=O) groups excluding carboxylic acids is 2. The molecule has 0 aliphatic carbocycles. The normalized spacial score (nSPS) is 16.6. The maximum atomic E-state index is 13.5. The lowest BCUT2D eigenvalue weighted by Crippen LogP contribution is -2.57. The van der Waals surface area contributed by atoms with E-state index in [0.717, 1.165) is 0 Å². The molecule has 1 aromatic rings. The first kappa shape index (κ1) is 21.2. The zero-order valence-corrected chi connectivity index (χ0v) is 15.5. The number of alkyl halides is 3. The van der Waals surface area contributed by atoms with Crippen molar-refractivity contribution in [2.24, 2.45) is 0 Å². The molecule has 1 aliphatic rings. The molecule has 0 aromatic heterocycles. The van der Waals surface area contributed by atoms with E-state index < -0.39 is 24.7 Å². The second-order valence-electron chi connectivity index (χ2n) is 6.38. The minimum absolute atomic E-state index is 0.169. The molecular weight excluding hydrogens is 361 g/mol. The Kier molecular flexibility index (Phi) is 7.20. The summed E-state index contributed by atoms with van der Waals surface area (Å²) in [4.78, 5) is 27.1. The highest BCUT2D eigenvalue weighted by atomic mass is 19.4. The maximum Gasteiger partial charge on any atom is 0.405 e. The van der Waals surface area contributed by atoms with Crippen LogP contribution in [0.15, 0.2) is 24.3 Å². The predicted octanol–water partition coefficient (Wildman–Crippen LogP) is 1.63. The van der Waals surface area contributed by atoms with Gasteiger partial charge in [0.05, 0.1) is 11.3 Å². The number of halogens is 3. The van der Waals surface area contributed by atoms with Gasteiger partial charge in [-0.2, -0.15) is 13.2 Å². The van der Waals surface area contributed by atoms with E-state index in [4.69, 9.17) is 0 Å². The first-order chi connectivity index (χ1) is 12.8. The Morgan fingerprint density at radius 3 is 2.48 bits per heavy atom. The minimum Gasteiger partial charge on any atom is -0.350 e. The summed E-state index contributed by atoms with van der Waals surface area (Å²) < 4.78 is 40.4. The molecule has 150 valence electrons. The first-order valence-electron chi connectivity index (χ1n) is 8.91. The van der Waals surface area contributed by atoms with Crippen LogP contribution in [0.3, 0.4) is 0 Å². The summed E-state index contributed by atoms with van der Waals surface area (Å²) in [7, 11) is 1.54. The van der Waals surface area contributed by atoms with Crippen LogP contribution in [0.1, 0.15) is 23.7 Å². The molecule has 1 fully saturated rings. The number of carbonyl (C=O) groups is 2. The largest absolute Gasteiger partial charge is 0.405 e. The fraction of sp³-hybridized carbons (Fsp3) is 0.556. The lowest BCUT2D eigenvalue weighted by Gasteiger charge is -2.36. The number of anilines is 1. The molecule has 0 bridgehead atoms. The van der Waals surface area contributed by atoms with Crippen molar-refractivity contribution in [3.05, 3.63) is 29.8 Å². The molecule has 2 rings (SSSR count). The van der Waals surface area contributed by atoms with Crippen LogP contribution in [0.4, 0.5) is 18.9 Å². The zero-order chi connectivity index (χ0) is 20.0. The van der Waals surface area contributed by atoms with E-state index in [1.807, 2.05) is 0 Å². The molecule has 1 unspecified atom stereocenters. The fourth-order valence-electron chi connectivity index (χ4n) is 3.06. The van der Waals surface area contributed by atoms with Crippen molar-refractivity contribution in [3.63, 3.8) is 0 Å². The summed E-state index contributed by atoms with van der Waals surface area (Å²) in [5.41, 5.74) is 0.538. The Morgan fingerprint density at radius 1 is 1.26 bits per heavy atom. The van der Waals surface area contributed by atoms with Crippen LogP contribution in [0.5, 0.6) is 0 Å². The Labute approximate surface area is 156 Å². The average Bonchev–Trinajstić information content (AvgIpc) is 2.66. The van der Waals surface area contributed by atoms with Gasteiger partial charge in [0.2, 0.25) is 5.91 Å². The predicted molar refractivity (Wildman–Crippen MR) is 96.8 cm³/mol. The monoisotopic (exact) mass is 386 g/mol. The number of hydrogen-bond donors (Lipinski definition) is 2. The molecule has 27 heavy (non-hydrogen) atoms. The van der Waals surface area contributed by atoms with Crippen LogP contribution in [0, 0.1) is 0 Å². The van der Waals surface area contributed by atoms with Crippen molar-refractivity contribution >= 4 is 17.5 Å². The van der Waals surface area contributed by atoms with Gasteiger partial charge in [0.25, 0.3) is 5.91 Å². The number of amides is 2. The molecule has 0 spiro atoms. The van der Waals surface area contributed by atoms with Crippen LogP contribution in [0.2, 0.25) is 0 Å². The highest BCUT2D eigenvalue weighted by Gasteiger charge is 2.43. The molecule has 0 radical (unpaired) electrons. The van der Waals surface area contributed by atoms with Gasteiger partial charge in [-0.15, -0.1) is 0 Å². The van der Waals surface area contributed by atoms with E-state index in [9.17, 15) is 22.8 Å². The Bertz CT molecular complexity index is 660. The zero-order valence-electron chi connectivity index (χ0n) is 15.5. The van der Waals surface area contributed by atoms with Crippen LogP contribution in [-0.4, -0.2) is 68.7 Å². The number of piperazine rings is 1. The van der Waals surface area contributed by atoms with Gasteiger partial charge in [0.15, 0.2) is 0 Å². The SMILES string of the molecule is CCC(=O)N(C)c1ccccc1C(=O)NCC(N1CCNCC1)C(F)(F)F. The number of nitrogens with one attached hydrogen (secondary N) is 2. The summed E-state index contributed by atoms with van der Waals surface area (Å²) in [6.45, 7) is 2.65. The molecule has 1 aliphatic heterocycles. The number of nitrogens with zero attached hydrogens (tertiary/aromatic N) is 2. The molecule has 1 aromatic carbocycles. The third kappa shape index (κ3) is 5.43. The summed E-state index contributed by atoms with van der Waals surface area (Å²) in [5, 5.41) is 5.41. The standard InChI is InChI=1S/C18H25F3N4O2/c1-3-16(26)24(2)14-7-5-4-6-13(14)17(27)23-12-15(18(19,20)21)25-10-8-22-9-11-25/h4-7,15,22H,3,8-12H2,1-2H3,(H,23,27). The van der Waals surface area contributed by atoms with Crippen LogP contribution in [-0.2, 0) is 4.79 Å². The van der Waals surface area contributed by atoms with Crippen molar-refractivity contribution in [1.82, 2.24) is 15.5 Å². The molecule has 9 heteroatoms. The van der Waals surface area contributed by atoms with Gasteiger partial charge < -0.3 is 15.5 Å². The number of benzene rings is 1. The molecule has 0 saturated carbocycles. The quantitative estimate of drug-likeness (QED) is 0.780. The van der Waals surface area contributed by atoms with Gasteiger partial charge in [-0.3, -0.25) is 14.5 Å². The first-order valence-corrected chi connectivity index (χ1v) is 8.91. The lowest BCUT2D eigenvalue weighted by molar-refractivity contribution is -0.183. The van der Waals surface area contributed by atoms with Gasteiger partial charge >= 0.3 is 6.18 Å². The van der Waals surface area contributed by atoms with Gasteiger partial charge in [0.1, 0.15) is 6.04 Å². The smallest absolute Gasteiger partial charge is 0.350 e. The van der Waals surface area contributed by atoms with Gasteiger partial charge in [-0.05, 0) is 12.1 Å². The summed E-state index contributed by atoms with van der Waals surface area (Å²) in [5.74, 6) is -0.824. The van der Waals surface area contributed by atoms with Crippen molar-refractivity contribution in [3.8, 4) is 0 Å². The fourth-order valence-corrected chi connectivity index (χ4v) is 3.06. The van der Waals surface area contributed by atoms with E-state index in [-0.39, 0.29) is 31.0 Å². The second-order valence-corrected chi connectivity index (χ2v) is 6.38. The summed E-state index contributed by atoms with van der Waals surface area (Å²) in [6.07, 6.45) is -4.19. The topological polar surface area (TPSA) is 64.7 Å². The highest BCUT2D eigenvalue weighted by molar-refractivity contribution is 6.04. The van der Waals surface area contributed by atoms with Gasteiger partial charge in [0, 0.05) is 46.2 Å². The molecule has 2 N–H and O–H groups in total. The van der Waals surface area contributed by atoms with Gasteiger partial charge in [-0.25, -0.2) is 0 Å². The van der Waals surface area contributed by atoms with Crippen molar-refractivity contribution in [2.45, 2.75) is 25.6 Å². The van der Waals surface area contributed by atoms with Crippen LogP contribution < -0.4 is 15.5 Å². The minimum atomic E-state index is -4.45. The Morgan fingerprint density at radius 2 is 1.89 bits per heavy atom. The number of hydrogen-bond acceptors (Lipinski definition) is 4. The van der Waals surface area contributed by atoms with E-state index in [0.29, 0.717) is 18.8 Å². The van der Waals surface area contributed by atoms with E-state index in [1.54, 1.807) is 25.1 Å². The van der Waals surface area contributed by atoms with Crippen molar-refractivity contribution < 1.29 is 22.8 Å². The van der Waals surface area contributed by atoms with Gasteiger partial charge in [-0.1, -0.05) is 19.1 Å². The third-order valence-electron chi connectivity index (χ3n) is 4.61. The Hall–Kier alpha value is -2.13. The summed E-state index contributed by atoms with van der Waals surface area (Å²) >= 11 is 0. The lowest BCUT2D eigenvalue weighted by atomic mass is 10.1. The Balaban J connectivity index is 2.13. The maximum absolute atomic E-state index is 13.5. The molecule has 1 atom stereocenters. The molecular formula is C18H25F3N4O2. The third-order valence-corrected chi connectivity index (χ3v) is 4.61. The van der Waals surface area contributed by atoms with Crippen molar-refractivity contribution in [1.29, 1.82) is 0 Å².